The molecule has 0 bridgehead atoms. The minimum absolute atomic E-state index is 0.0632. The molecule has 3 N–H and O–H groups in total. The maximum atomic E-state index is 13.9. The monoisotopic (exact) mass is 577 g/mol. The quantitative estimate of drug-likeness (QED) is 0.248. The first-order valence-corrected chi connectivity index (χ1v) is 13.6. The highest BCUT2D eigenvalue weighted by molar-refractivity contribution is 5.94. The second-order valence-corrected chi connectivity index (χ2v) is 10.2. The van der Waals surface area contributed by atoms with Crippen LogP contribution in [0.1, 0.15) is 18.1 Å². The minimum Gasteiger partial charge on any atom is -0.319 e. The molecule has 4 heterocycles. The molecule has 6 aromatic rings. The molecule has 0 aliphatic carbocycles. The largest absolute Gasteiger partial charge is 0.319 e. The molecule has 1 unspecified atom stereocenters. The molecule has 0 fully saturated rings. The van der Waals surface area contributed by atoms with E-state index >= 15 is 0 Å². The summed E-state index contributed by atoms with van der Waals surface area (Å²) in [5.41, 5.74) is 5.14. The summed E-state index contributed by atoms with van der Waals surface area (Å²) in [6.45, 7) is 3.76. The Morgan fingerprint density at radius 3 is 2.58 bits per heavy atom. The van der Waals surface area contributed by atoms with E-state index in [9.17, 15) is 14.0 Å². The zero-order valence-corrected chi connectivity index (χ0v) is 23.7. The zero-order valence-electron chi connectivity index (χ0n) is 23.7. The zero-order chi connectivity index (χ0) is 30.1. The van der Waals surface area contributed by atoms with Gasteiger partial charge in [-0.2, -0.15) is 15.4 Å². The van der Waals surface area contributed by atoms with Gasteiger partial charge in [0.2, 0.25) is 5.91 Å². The summed E-state index contributed by atoms with van der Waals surface area (Å²) in [5.74, 6) is -0.239. The lowest BCUT2D eigenvalue weighted by Gasteiger charge is -2.16. The average molecular weight is 578 g/mol. The van der Waals surface area contributed by atoms with Crippen LogP contribution < -0.4 is 16.2 Å². The lowest BCUT2D eigenvalue weighted by atomic mass is 10.1. The van der Waals surface area contributed by atoms with Crippen LogP contribution >= 0.6 is 0 Å². The summed E-state index contributed by atoms with van der Waals surface area (Å²) in [4.78, 5) is 35.5. The first-order valence-electron chi connectivity index (χ1n) is 13.6. The number of benzene rings is 2. The van der Waals surface area contributed by atoms with Gasteiger partial charge in [-0.25, -0.2) is 9.37 Å². The number of hydrogen-bond acceptors (Lipinski definition) is 7. The van der Waals surface area contributed by atoms with Crippen molar-refractivity contribution in [2.45, 2.75) is 26.4 Å². The second kappa shape index (κ2) is 11.4. The number of aryl methyl sites for hydroxylation is 1. The Bertz CT molecular complexity index is 2000. The van der Waals surface area contributed by atoms with Gasteiger partial charge in [0.15, 0.2) is 0 Å². The van der Waals surface area contributed by atoms with E-state index in [2.05, 4.69) is 36.0 Å². The lowest BCUT2D eigenvalue weighted by molar-refractivity contribution is -0.117. The molecule has 11 nitrogen and oxygen atoms in total. The fourth-order valence-corrected chi connectivity index (χ4v) is 4.91. The van der Waals surface area contributed by atoms with Crippen LogP contribution in [0.3, 0.4) is 0 Å². The van der Waals surface area contributed by atoms with E-state index < -0.39 is 11.6 Å². The number of aromatic nitrogens is 7. The topological polar surface area (TPSA) is 135 Å². The standard InChI is InChI=1S/C31H28FN9O2/c1-18-16-40(28-9-8-23(32)11-25(18)28)24-10-20(12-34-13-24)17-41-29(22-6-4-21(5-7-22)26-15-36-39-38-26)35-14-27(31(41)43)37-30(42)19(2)33-3/h4-16,19,33H,17H2,1-3H3,(H,37,42)(H,36,38,39). The highest BCUT2D eigenvalue weighted by Gasteiger charge is 2.18. The molecule has 2 aromatic carbocycles. The second-order valence-electron chi connectivity index (χ2n) is 10.2. The van der Waals surface area contributed by atoms with Crippen LogP contribution in [0, 0.1) is 12.7 Å². The number of carbonyl (C=O) groups excluding carboxylic acids is 1. The van der Waals surface area contributed by atoms with E-state index in [0.29, 0.717) is 17.1 Å². The number of H-pyrrole nitrogens is 1. The molecular formula is C31H28FN9O2. The van der Waals surface area contributed by atoms with Crippen LogP contribution in [0.25, 0.3) is 39.2 Å². The molecule has 0 radical (unpaired) electrons. The van der Waals surface area contributed by atoms with Gasteiger partial charge in [0.05, 0.1) is 42.4 Å². The number of nitrogens with one attached hydrogen (secondary N) is 3. The van der Waals surface area contributed by atoms with Crippen molar-refractivity contribution in [1.82, 2.24) is 39.8 Å². The molecular weight excluding hydrogens is 549 g/mol. The number of likely N-dealkylation sites (N-methyl/N-ethyl adjacent to an activating group) is 1. The van der Waals surface area contributed by atoms with Gasteiger partial charge in [-0.1, -0.05) is 24.3 Å². The Morgan fingerprint density at radius 1 is 1.05 bits per heavy atom. The van der Waals surface area contributed by atoms with E-state index in [0.717, 1.165) is 33.3 Å². The van der Waals surface area contributed by atoms with Gasteiger partial charge < -0.3 is 15.2 Å². The Kier molecular flexibility index (Phi) is 7.34. The van der Waals surface area contributed by atoms with Crippen LogP contribution in [0.4, 0.5) is 10.1 Å². The number of rotatable bonds is 8. The highest BCUT2D eigenvalue weighted by atomic mass is 19.1. The number of pyridine rings is 1. The smallest absolute Gasteiger partial charge is 0.277 e. The average Bonchev–Trinajstić information content (AvgIpc) is 3.67. The molecule has 1 amide bonds. The van der Waals surface area contributed by atoms with Crippen molar-refractivity contribution >= 4 is 22.5 Å². The molecule has 1 atom stereocenters. The summed E-state index contributed by atoms with van der Waals surface area (Å²) < 4.78 is 17.4. The van der Waals surface area contributed by atoms with Gasteiger partial charge in [-0.3, -0.25) is 19.1 Å². The van der Waals surface area contributed by atoms with Crippen LogP contribution in [-0.4, -0.2) is 53.5 Å². The predicted molar refractivity (Wildman–Crippen MR) is 161 cm³/mol. The predicted octanol–water partition coefficient (Wildman–Crippen LogP) is 4.08. The van der Waals surface area contributed by atoms with Crippen molar-refractivity contribution in [1.29, 1.82) is 0 Å². The van der Waals surface area contributed by atoms with Gasteiger partial charge in [0, 0.05) is 28.9 Å². The van der Waals surface area contributed by atoms with E-state index in [1.165, 1.54) is 22.9 Å². The van der Waals surface area contributed by atoms with Gasteiger partial charge in [0.1, 0.15) is 23.0 Å². The van der Waals surface area contributed by atoms with Gasteiger partial charge >= 0.3 is 0 Å². The number of carbonyl (C=O) groups is 1. The molecule has 0 saturated heterocycles. The SMILES string of the molecule is CNC(C)C(=O)Nc1cnc(-c2ccc(-c3cn[nH]n3)cc2)n(Cc2cncc(-n3cc(C)c4cc(F)ccc43)c2)c1=O. The molecule has 12 heteroatoms. The number of aromatic amines is 1. The fraction of sp³-hybridized carbons (Fsp3) is 0.161. The number of hydrogen-bond donors (Lipinski definition) is 3. The third kappa shape index (κ3) is 5.43. The molecule has 6 rings (SSSR count). The van der Waals surface area contributed by atoms with Gasteiger partial charge in [-0.05, 0) is 56.3 Å². The third-order valence-corrected chi connectivity index (χ3v) is 7.35. The minimum atomic E-state index is -0.509. The maximum Gasteiger partial charge on any atom is 0.277 e. The van der Waals surface area contributed by atoms with E-state index in [-0.39, 0.29) is 24.0 Å². The van der Waals surface area contributed by atoms with Gasteiger partial charge in [0.25, 0.3) is 5.56 Å². The van der Waals surface area contributed by atoms with Crippen molar-refractivity contribution in [3.63, 3.8) is 0 Å². The number of anilines is 1. The Morgan fingerprint density at radius 2 is 1.84 bits per heavy atom. The van der Waals surface area contributed by atoms with Gasteiger partial charge in [-0.15, -0.1) is 0 Å². The fourth-order valence-electron chi connectivity index (χ4n) is 4.91. The first-order chi connectivity index (χ1) is 20.8. The Hall–Kier alpha value is -5.49. The molecule has 4 aromatic heterocycles. The summed E-state index contributed by atoms with van der Waals surface area (Å²) >= 11 is 0. The molecule has 0 spiro atoms. The normalized spacial score (nSPS) is 12.0. The summed E-state index contributed by atoms with van der Waals surface area (Å²) in [5, 5.41) is 16.9. The number of halogens is 1. The number of fused-ring (bicyclic) bond motifs is 1. The first kappa shape index (κ1) is 27.7. The lowest BCUT2D eigenvalue weighted by Crippen LogP contribution is -2.38. The Labute approximate surface area is 245 Å². The van der Waals surface area contributed by atoms with Crippen LogP contribution in [-0.2, 0) is 11.3 Å². The van der Waals surface area contributed by atoms with Crippen molar-refractivity contribution in [2.24, 2.45) is 0 Å². The third-order valence-electron chi connectivity index (χ3n) is 7.35. The van der Waals surface area contributed by atoms with E-state index in [4.69, 9.17) is 0 Å². The van der Waals surface area contributed by atoms with Crippen molar-refractivity contribution in [2.75, 3.05) is 12.4 Å². The molecule has 216 valence electrons. The van der Waals surface area contributed by atoms with Crippen LogP contribution in [0.15, 0.2) is 84.3 Å². The summed E-state index contributed by atoms with van der Waals surface area (Å²) in [6.07, 6.45) is 8.33. The molecule has 0 aliphatic rings. The Balaban J connectivity index is 1.41. The molecule has 43 heavy (non-hydrogen) atoms. The molecule has 0 saturated carbocycles. The van der Waals surface area contributed by atoms with E-state index in [1.807, 2.05) is 48.0 Å². The molecule has 0 aliphatic heterocycles. The van der Waals surface area contributed by atoms with Crippen molar-refractivity contribution < 1.29 is 9.18 Å². The maximum absolute atomic E-state index is 13.9. The van der Waals surface area contributed by atoms with Crippen molar-refractivity contribution in [3.05, 3.63) is 107 Å². The summed E-state index contributed by atoms with van der Waals surface area (Å²) in [6, 6.07) is 13.5. The number of amides is 1. The van der Waals surface area contributed by atoms with Crippen LogP contribution in [0.5, 0.6) is 0 Å². The van der Waals surface area contributed by atoms with Crippen molar-refractivity contribution in [3.8, 4) is 28.3 Å². The van der Waals surface area contributed by atoms with Crippen LogP contribution in [0.2, 0.25) is 0 Å². The highest BCUT2D eigenvalue weighted by Crippen LogP contribution is 2.26. The van der Waals surface area contributed by atoms with E-state index in [1.54, 1.807) is 38.6 Å². The summed E-state index contributed by atoms with van der Waals surface area (Å²) in [7, 11) is 1.67. The number of nitrogens with zero attached hydrogens (tertiary/aromatic N) is 6.